The van der Waals surface area contributed by atoms with Gasteiger partial charge in [0.15, 0.2) is 6.61 Å². The molecule has 0 unspecified atom stereocenters. The third kappa shape index (κ3) is 5.69. The van der Waals surface area contributed by atoms with Crippen LogP contribution in [-0.4, -0.2) is 57.0 Å². The number of carbonyl (C=O) groups is 5. The summed E-state index contributed by atoms with van der Waals surface area (Å²) in [6.45, 7) is 1.57. The van der Waals surface area contributed by atoms with E-state index in [2.05, 4.69) is 5.32 Å². The Balaban J connectivity index is 2.02. The summed E-state index contributed by atoms with van der Waals surface area (Å²) in [5, 5.41) is 20.3. The molecule has 0 spiro atoms. The maximum atomic E-state index is 12.9. The molecule has 5 N–H and O–H groups in total. The minimum atomic E-state index is -1.64. The summed E-state index contributed by atoms with van der Waals surface area (Å²) in [5.74, 6) is -5.71. The van der Waals surface area contributed by atoms with Gasteiger partial charge in [-0.3, -0.25) is 19.2 Å². The number of carboxylic acid groups (broad SMARTS) is 2. The molecule has 36 heavy (non-hydrogen) atoms. The van der Waals surface area contributed by atoms with Gasteiger partial charge >= 0.3 is 11.9 Å². The van der Waals surface area contributed by atoms with Crippen molar-refractivity contribution < 1.29 is 38.9 Å². The van der Waals surface area contributed by atoms with Gasteiger partial charge in [0.05, 0.1) is 22.9 Å². The Bertz CT molecular complexity index is 1330. The van der Waals surface area contributed by atoms with Gasteiger partial charge in [0, 0.05) is 12.2 Å². The Labute approximate surface area is 205 Å². The van der Waals surface area contributed by atoms with Crippen LogP contribution in [0.4, 0.5) is 0 Å². The molecular weight excluding hydrogens is 470 g/mol. The van der Waals surface area contributed by atoms with Crippen LogP contribution in [0.2, 0.25) is 0 Å². The number of nitrogens with zero attached hydrogens (tertiary/aromatic N) is 1. The lowest BCUT2D eigenvalue weighted by molar-refractivity contribution is -0.147. The number of rotatable bonds is 12. The molecule has 11 nitrogen and oxygen atoms in total. The van der Waals surface area contributed by atoms with E-state index in [4.69, 9.17) is 20.7 Å². The second-order valence-corrected chi connectivity index (χ2v) is 7.94. The molecule has 2 amide bonds. The molecule has 1 heterocycles. The van der Waals surface area contributed by atoms with Gasteiger partial charge in [-0.15, -0.1) is 0 Å². The van der Waals surface area contributed by atoms with Gasteiger partial charge in [-0.25, -0.2) is 4.79 Å². The number of nitrogens with two attached hydrogens (primary N) is 1. The van der Waals surface area contributed by atoms with Gasteiger partial charge in [0.2, 0.25) is 0 Å². The van der Waals surface area contributed by atoms with E-state index in [-0.39, 0.29) is 11.3 Å². The number of hydrogen-bond donors (Lipinski definition) is 4. The minimum Gasteiger partial charge on any atom is -0.483 e. The summed E-state index contributed by atoms with van der Waals surface area (Å²) in [6, 6.07) is 12.7. The van der Waals surface area contributed by atoms with Gasteiger partial charge in [-0.1, -0.05) is 43.3 Å². The molecule has 11 heteroatoms. The number of aliphatic carboxylic acids is 2. The minimum absolute atomic E-state index is 0.0706. The van der Waals surface area contributed by atoms with Crippen LogP contribution in [0.5, 0.6) is 5.75 Å². The monoisotopic (exact) mass is 495 g/mol. The van der Waals surface area contributed by atoms with E-state index in [0.29, 0.717) is 29.6 Å². The standard InChI is InChI=1S/C25H25N3O8/c1-2-16-22(23(32)24(26)33)21-17(28(16)12-14-7-4-3-5-8-14)9-6-10-18(21)36-13-19(29)27-15(25(34)35)11-20(30)31/h3-10,15H,2,11-13H2,1H3,(H2,26,33)(H,27,29)(H,30,31)(H,34,35)/t15-/m1/s1. The van der Waals surface area contributed by atoms with Crippen LogP contribution in [0.1, 0.15) is 35.0 Å². The fourth-order valence-corrected chi connectivity index (χ4v) is 3.98. The molecule has 0 radical (unpaired) electrons. The lowest BCUT2D eigenvalue weighted by Crippen LogP contribution is -2.44. The highest BCUT2D eigenvalue weighted by Crippen LogP contribution is 2.35. The average Bonchev–Trinajstić information content (AvgIpc) is 3.15. The fourth-order valence-electron chi connectivity index (χ4n) is 3.98. The first kappa shape index (κ1) is 25.9. The van der Waals surface area contributed by atoms with Crippen LogP contribution in [-0.2, 0) is 32.1 Å². The summed E-state index contributed by atoms with van der Waals surface area (Å²) in [6.07, 6.45) is -0.415. The van der Waals surface area contributed by atoms with Crippen molar-refractivity contribution in [3.63, 3.8) is 0 Å². The number of carboxylic acids is 2. The summed E-state index contributed by atoms with van der Waals surface area (Å²) >= 11 is 0. The zero-order valence-electron chi connectivity index (χ0n) is 19.4. The lowest BCUT2D eigenvalue weighted by atomic mass is 10.0. The molecule has 2 aromatic carbocycles. The molecule has 0 saturated carbocycles. The first-order chi connectivity index (χ1) is 17.1. The highest BCUT2D eigenvalue weighted by molar-refractivity contribution is 6.45. The topological polar surface area (TPSA) is 178 Å². The van der Waals surface area contributed by atoms with Crippen molar-refractivity contribution >= 4 is 40.4 Å². The molecular formula is C25H25N3O8. The van der Waals surface area contributed by atoms with E-state index >= 15 is 0 Å². The normalized spacial score (nSPS) is 11.6. The van der Waals surface area contributed by atoms with Gasteiger partial charge in [0.25, 0.3) is 17.6 Å². The molecule has 1 aromatic heterocycles. The fraction of sp³-hybridized carbons (Fsp3) is 0.240. The molecule has 3 rings (SSSR count). The van der Waals surface area contributed by atoms with Gasteiger partial charge in [-0.2, -0.15) is 0 Å². The zero-order valence-corrected chi connectivity index (χ0v) is 19.4. The molecule has 3 aromatic rings. The summed E-state index contributed by atoms with van der Waals surface area (Å²) in [7, 11) is 0. The van der Waals surface area contributed by atoms with Crippen molar-refractivity contribution in [2.75, 3.05) is 6.61 Å². The zero-order chi connectivity index (χ0) is 26.4. The van der Waals surface area contributed by atoms with E-state index in [0.717, 1.165) is 5.56 Å². The molecule has 1 atom stereocenters. The van der Waals surface area contributed by atoms with Crippen molar-refractivity contribution in [3.05, 3.63) is 65.4 Å². The van der Waals surface area contributed by atoms with Crippen LogP contribution in [0, 0.1) is 0 Å². The number of hydrogen-bond acceptors (Lipinski definition) is 6. The number of nitrogens with one attached hydrogen (secondary N) is 1. The van der Waals surface area contributed by atoms with E-state index in [1.54, 1.807) is 12.1 Å². The molecule has 0 bridgehead atoms. The first-order valence-corrected chi connectivity index (χ1v) is 11.0. The predicted molar refractivity (Wildman–Crippen MR) is 128 cm³/mol. The number of ether oxygens (including phenoxy) is 1. The predicted octanol–water partition coefficient (Wildman–Crippen LogP) is 1.34. The Morgan fingerprint density at radius 3 is 2.31 bits per heavy atom. The van der Waals surface area contributed by atoms with E-state index in [1.807, 2.05) is 41.8 Å². The summed E-state index contributed by atoms with van der Waals surface area (Å²) < 4.78 is 7.51. The van der Waals surface area contributed by atoms with Crippen LogP contribution in [0.3, 0.4) is 0 Å². The number of amides is 2. The maximum Gasteiger partial charge on any atom is 0.326 e. The summed E-state index contributed by atoms with van der Waals surface area (Å²) in [5.41, 5.74) is 7.49. The molecule has 0 aliphatic rings. The number of Topliss-reactive ketones (excluding diaryl/α,β-unsaturated/α-hetero) is 1. The second-order valence-electron chi connectivity index (χ2n) is 7.94. The second kappa shape index (κ2) is 11.2. The highest BCUT2D eigenvalue weighted by Gasteiger charge is 2.28. The number of fused-ring (bicyclic) bond motifs is 1. The third-order valence-corrected chi connectivity index (χ3v) is 5.50. The number of carbonyl (C=O) groups excluding carboxylic acids is 3. The smallest absolute Gasteiger partial charge is 0.326 e. The average molecular weight is 495 g/mol. The third-order valence-electron chi connectivity index (χ3n) is 5.50. The lowest BCUT2D eigenvalue weighted by Gasteiger charge is -2.13. The highest BCUT2D eigenvalue weighted by atomic mass is 16.5. The van der Waals surface area contributed by atoms with Crippen LogP contribution in [0.25, 0.3) is 10.9 Å². The number of aromatic nitrogens is 1. The molecule has 0 aliphatic heterocycles. The Hall–Kier alpha value is -4.67. The van der Waals surface area contributed by atoms with Crippen molar-refractivity contribution in [1.29, 1.82) is 0 Å². The van der Waals surface area contributed by atoms with E-state index < -0.39 is 48.6 Å². The van der Waals surface area contributed by atoms with Gasteiger partial charge < -0.3 is 30.6 Å². The Kier molecular flexibility index (Phi) is 8.05. The SMILES string of the molecule is CCc1c(C(=O)C(N)=O)c2c(OCC(=O)N[C@H](CC(=O)O)C(=O)O)cccc2n1Cc1ccccc1. The molecule has 0 aliphatic carbocycles. The van der Waals surface area contributed by atoms with Crippen LogP contribution >= 0.6 is 0 Å². The maximum absolute atomic E-state index is 12.9. The Morgan fingerprint density at radius 2 is 1.72 bits per heavy atom. The van der Waals surface area contributed by atoms with E-state index in [1.165, 1.54) is 6.07 Å². The van der Waals surface area contributed by atoms with E-state index in [9.17, 15) is 24.0 Å². The number of primary amides is 1. The molecule has 0 fully saturated rings. The number of benzene rings is 2. The Morgan fingerprint density at radius 1 is 1.03 bits per heavy atom. The summed E-state index contributed by atoms with van der Waals surface area (Å²) in [4.78, 5) is 59.1. The molecule has 0 saturated heterocycles. The van der Waals surface area contributed by atoms with Crippen molar-refractivity contribution in [3.8, 4) is 5.75 Å². The largest absolute Gasteiger partial charge is 0.483 e. The van der Waals surface area contributed by atoms with Crippen molar-refractivity contribution in [1.82, 2.24) is 9.88 Å². The van der Waals surface area contributed by atoms with Crippen LogP contribution < -0.4 is 15.8 Å². The quantitative estimate of drug-likeness (QED) is 0.215. The molecule has 188 valence electrons. The first-order valence-electron chi connectivity index (χ1n) is 11.0. The van der Waals surface area contributed by atoms with Crippen molar-refractivity contribution in [2.45, 2.75) is 32.4 Å². The van der Waals surface area contributed by atoms with Gasteiger partial charge in [0.1, 0.15) is 11.8 Å². The van der Waals surface area contributed by atoms with Crippen LogP contribution in [0.15, 0.2) is 48.5 Å². The number of ketones is 1. The van der Waals surface area contributed by atoms with Gasteiger partial charge in [-0.05, 0) is 24.1 Å². The van der Waals surface area contributed by atoms with Crippen molar-refractivity contribution in [2.24, 2.45) is 5.73 Å².